The van der Waals surface area contributed by atoms with Crippen molar-refractivity contribution in [1.29, 1.82) is 0 Å². The van der Waals surface area contributed by atoms with Gasteiger partial charge in [0.15, 0.2) is 6.23 Å². The summed E-state index contributed by atoms with van der Waals surface area (Å²) in [6.07, 6.45) is -4.12. The molecule has 0 amide bonds. The molecule has 0 aliphatic carbocycles. The highest BCUT2D eigenvalue weighted by molar-refractivity contribution is 5.55. The van der Waals surface area contributed by atoms with Crippen molar-refractivity contribution in [2.45, 2.75) is 31.5 Å². The highest BCUT2D eigenvalue weighted by Crippen LogP contribution is 2.26. The number of ether oxygens (including phenoxy) is 1. The molecule has 0 saturated carbocycles. The van der Waals surface area contributed by atoms with Crippen molar-refractivity contribution >= 4 is 11.4 Å². The fourth-order valence-corrected chi connectivity index (χ4v) is 2.10. The van der Waals surface area contributed by atoms with Crippen LogP contribution in [0.2, 0.25) is 0 Å². The summed E-state index contributed by atoms with van der Waals surface area (Å²) in [5.41, 5.74) is 1.12. The van der Waals surface area contributed by atoms with Crippen molar-refractivity contribution < 1.29 is 25.0 Å². The number of aliphatic hydroxyl groups is 3. The lowest BCUT2D eigenvalue weighted by Crippen LogP contribution is -2.36. The summed E-state index contributed by atoms with van der Waals surface area (Å²) in [7, 11) is 0. The van der Waals surface area contributed by atoms with E-state index in [1.807, 2.05) is 0 Å². The predicted octanol–water partition coefficient (Wildman–Crippen LogP) is -0.246. The van der Waals surface area contributed by atoms with Crippen molar-refractivity contribution in [3.63, 3.8) is 0 Å². The van der Waals surface area contributed by atoms with Crippen molar-refractivity contribution in [1.82, 2.24) is 0 Å². The van der Waals surface area contributed by atoms with Crippen LogP contribution >= 0.6 is 0 Å². The molecule has 1 saturated heterocycles. The number of aliphatic hydroxyl groups excluding tert-OH is 3. The first-order valence-electron chi connectivity index (χ1n) is 6.08. The normalized spacial score (nSPS) is 29.4. The minimum atomic E-state index is -1.19. The number of hydrogen-bond donors (Lipinski definition) is 4. The second-order valence-electron chi connectivity index (χ2n) is 4.66. The standard InChI is InChI=1S/C12H16N2O6/c1-6-4-7(14(18)19)2-3-8(6)13-12-11(17)10(16)9(5-15)20-12/h2-4,9-13,15-17H,5H2,1H3/t9-,10+,11-,12+/m0/s1. The molecule has 1 fully saturated rings. The first kappa shape index (κ1) is 14.7. The Morgan fingerprint density at radius 3 is 2.60 bits per heavy atom. The van der Waals surface area contributed by atoms with Crippen LogP contribution in [-0.4, -0.2) is 51.4 Å². The smallest absolute Gasteiger partial charge is 0.269 e. The van der Waals surface area contributed by atoms with Gasteiger partial charge in [0.05, 0.1) is 11.5 Å². The molecule has 1 aromatic carbocycles. The van der Waals surface area contributed by atoms with Gasteiger partial charge in [-0.15, -0.1) is 0 Å². The summed E-state index contributed by atoms with van der Waals surface area (Å²) in [5.74, 6) is 0. The first-order chi connectivity index (χ1) is 9.43. The predicted molar refractivity (Wildman–Crippen MR) is 69.2 cm³/mol. The zero-order valence-corrected chi connectivity index (χ0v) is 10.8. The van der Waals surface area contributed by atoms with E-state index in [-0.39, 0.29) is 5.69 Å². The van der Waals surface area contributed by atoms with Gasteiger partial charge in [-0.1, -0.05) is 0 Å². The van der Waals surface area contributed by atoms with Gasteiger partial charge < -0.3 is 25.4 Å². The number of benzene rings is 1. The molecule has 2 rings (SSSR count). The van der Waals surface area contributed by atoms with E-state index in [2.05, 4.69) is 5.32 Å². The lowest BCUT2D eigenvalue weighted by atomic mass is 10.1. The number of non-ortho nitro benzene ring substituents is 1. The molecule has 1 aromatic rings. The number of hydrogen-bond acceptors (Lipinski definition) is 7. The Hall–Kier alpha value is -1.74. The Morgan fingerprint density at radius 1 is 1.40 bits per heavy atom. The molecule has 8 heteroatoms. The van der Waals surface area contributed by atoms with Crippen LogP contribution in [0.4, 0.5) is 11.4 Å². The quantitative estimate of drug-likeness (QED) is 0.444. The van der Waals surface area contributed by atoms with Crippen molar-refractivity contribution in [2.24, 2.45) is 0 Å². The maximum absolute atomic E-state index is 10.6. The van der Waals surface area contributed by atoms with Crippen LogP contribution in [0.5, 0.6) is 0 Å². The largest absolute Gasteiger partial charge is 0.394 e. The Morgan fingerprint density at radius 2 is 2.10 bits per heavy atom. The lowest BCUT2D eigenvalue weighted by molar-refractivity contribution is -0.384. The van der Waals surface area contributed by atoms with Crippen LogP contribution in [0, 0.1) is 17.0 Å². The molecule has 1 heterocycles. The van der Waals surface area contributed by atoms with Crippen molar-refractivity contribution in [3.8, 4) is 0 Å². The molecule has 1 aliphatic rings. The summed E-state index contributed by atoms with van der Waals surface area (Å²) in [6, 6.07) is 4.22. The molecule has 0 bridgehead atoms. The molecule has 0 aromatic heterocycles. The molecule has 1 aliphatic heterocycles. The third-order valence-electron chi connectivity index (χ3n) is 3.26. The second-order valence-corrected chi connectivity index (χ2v) is 4.66. The maximum atomic E-state index is 10.6. The monoisotopic (exact) mass is 284 g/mol. The summed E-state index contributed by atoms with van der Waals surface area (Å²) in [5, 5.41) is 41.9. The number of anilines is 1. The fraction of sp³-hybridized carbons (Fsp3) is 0.500. The minimum absolute atomic E-state index is 0.0331. The molecule has 110 valence electrons. The van der Waals surface area contributed by atoms with Gasteiger partial charge in [0.1, 0.15) is 18.3 Å². The van der Waals surface area contributed by atoms with Crippen molar-refractivity contribution in [3.05, 3.63) is 33.9 Å². The number of nitrogens with zero attached hydrogens (tertiary/aromatic N) is 1. The molecule has 4 N–H and O–H groups in total. The number of nitrogens with one attached hydrogen (secondary N) is 1. The number of nitro benzene ring substituents is 1. The van der Waals surface area contributed by atoms with Gasteiger partial charge in [0, 0.05) is 17.8 Å². The van der Waals surface area contributed by atoms with Crippen LogP contribution in [-0.2, 0) is 4.74 Å². The molecular weight excluding hydrogens is 268 g/mol. The molecule has 8 nitrogen and oxygen atoms in total. The van der Waals surface area contributed by atoms with E-state index in [0.717, 1.165) is 0 Å². The van der Waals surface area contributed by atoms with Crippen LogP contribution in [0.1, 0.15) is 5.56 Å². The topological polar surface area (TPSA) is 125 Å². The summed E-state index contributed by atoms with van der Waals surface area (Å²) in [6.45, 7) is 1.27. The van der Waals surface area contributed by atoms with Crippen molar-refractivity contribution in [2.75, 3.05) is 11.9 Å². The van der Waals surface area contributed by atoms with Gasteiger partial charge in [0.25, 0.3) is 5.69 Å². The molecule has 0 unspecified atom stereocenters. The van der Waals surface area contributed by atoms with Gasteiger partial charge in [-0.05, 0) is 18.6 Å². The van der Waals surface area contributed by atoms with Gasteiger partial charge >= 0.3 is 0 Å². The van der Waals surface area contributed by atoms with Crippen LogP contribution < -0.4 is 5.32 Å². The highest BCUT2D eigenvalue weighted by atomic mass is 16.6. The average molecular weight is 284 g/mol. The highest BCUT2D eigenvalue weighted by Gasteiger charge is 2.42. The Balaban J connectivity index is 2.13. The number of rotatable bonds is 4. The fourth-order valence-electron chi connectivity index (χ4n) is 2.10. The second kappa shape index (κ2) is 5.71. The zero-order chi connectivity index (χ0) is 14.9. The van der Waals surface area contributed by atoms with E-state index in [0.29, 0.717) is 11.3 Å². The Labute approximate surface area is 114 Å². The van der Waals surface area contributed by atoms with Crippen LogP contribution in [0.3, 0.4) is 0 Å². The van der Waals surface area contributed by atoms with E-state index in [1.54, 1.807) is 6.92 Å². The summed E-state index contributed by atoms with van der Waals surface area (Å²) in [4.78, 5) is 10.1. The number of aryl methyl sites for hydroxylation is 1. The third-order valence-corrected chi connectivity index (χ3v) is 3.26. The number of nitro groups is 1. The van der Waals surface area contributed by atoms with Crippen LogP contribution in [0.25, 0.3) is 0 Å². The first-order valence-corrected chi connectivity index (χ1v) is 6.08. The van der Waals surface area contributed by atoms with Gasteiger partial charge in [-0.2, -0.15) is 0 Å². The molecular formula is C12H16N2O6. The van der Waals surface area contributed by atoms with E-state index in [1.165, 1.54) is 18.2 Å². The van der Waals surface area contributed by atoms with Crippen LogP contribution in [0.15, 0.2) is 18.2 Å². The zero-order valence-electron chi connectivity index (χ0n) is 10.8. The molecule has 4 atom stereocenters. The third kappa shape index (κ3) is 2.73. The maximum Gasteiger partial charge on any atom is 0.269 e. The Kier molecular flexibility index (Phi) is 4.19. The van der Waals surface area contributed by atoms with E-state index in [4.69, 9.17) is 9.84 Å². The van der Waals surface area contributed by atoms with Gasteiger partial charge in [0.2, 0.25) is 0 Å². The molecule has 0 radical (unpaired) electrons. The average Bonchev–Trinajstić information content (AvgIpc) is 2.68. The summed E-state index contributed by atoms with van der Waals surface area (Å²) >= 11 is 0. The minimum Gasteiger partial charge on any atom is -0.394 e. The molecule has 20 heavy (non-hydrogen) atoms. The van der Waals surface area contributed by atoms with E-state index in [9.17, 15) is 20.3 Å². The molecule has 0 spiro atoms. The van der Waals surface area contributed by atoms with Gasteiger partial charge in [-0.25, -0.2) is 0 Å². The van der Waals surface area contributed by atoms with E-state index < -0.39 is 36.1 Å². The van der Waals surface area contributed by atoms with E-state index >= 15 is 0 Å². The summed E-state index contributed by atoms with van der Waals surface area (Å²) < 4.78 is 5.28. The lowest BCUT2D eigenvalue weighted by Gasteiger charge is -2.19. The van der Waals surface area contributed by atoms with Gasteiger partial charge in [-0.3, -0.25) is 10.1 Å². The Bertz CT molecular complexity index is 509. The SMILES string of the molecule is Cc1cc([N+](=O)[O-])ccc1N[C@@H]1O[C@@H](CO)[C@@H](O)[C@@H]1O.